The Morgan fingerprint density at radius 2 is 2.10 bits per heavy atom. The van der Waals surface area contributed by atoms with Gasteiger partial charge in [0.25, 0.3) is 0 Å². The van der Waals surface area contributed by atoms with Gasteiger partial charge in [0.1, 0.15) is 11.6 Å². The molecule has 2 rings (SSSR count). The first-order valence-electron chi connectivity index (χ1n) is 5.81. The first kappa shape index (κ1) is 15.9. The number of rotatable bonds is 4. The van der Waals surface area contributed by atoms with Crippen LogP contribution in [0.1, 0.15) is 10.4 Å². The Kier molecular flexibility index (Phi) is 4.60. The summed E-state index contributed by atoms with van der Waals surface area (Å²) in [6.07, 6.45) is -4.46. The molecule has 0 aromatic carbocycles. The summed E-state index contributed by atoms with van der Waals surface area (Å²) in [5.74, 6) is 5.30. The van der Waals surface area contributed by atoms with E-state index in [0.29, 0.717) is 10.9 Å². The summed E-state index contributed by atoms with van der Waals surface area (Å²) in [5.41, 5.74) is 1.34. The van der Waals surface area contributed by atoms with Crippen molar-refractivity contribution in [3.05, 3.63) is 39.0 Å². The number of hydrazine groups is 1. The standard InChI is InChI=1S/C12H12ClF3N4S/c1-20(6-8-2-3-9(13)21-8)11-5-7(12(14,15)16)4-10(18-11)19-17/h2-5H,6,17H2,1H3,(H,18,19). The molecule has 114 valence electrons. The monoisotopic (exact) mass is 336 g/mol. The molecule has 3 N–H and O–H groups in total. The fourth-order valence-electron chi connectivity index (χ4n) is 1.70. The van der Waals surface area contributed by atoms with Crippen LogP contribution in [0.15, 0.2) is 24.3 Å². The van der Waals surface area contributed by atoms with Crippen molar-refractivity contribution in [1.29, 1.82) is 0 Å². The fourth-order valence-corrected chi connectivity index (χ4v) is 2.84. The van der Waals surface area contributed by atoms with Crippen LogP contribution >= 0.6 is 22.9 Å². The summed E-state index contributed by atoms with van der Waals surface area (Å²) < 4.78 is 39.2. The molecule has 0 atom stereocenters. The summed E-state index contributed by atoms with van der Waals surface area (Å²) in [6.45, 7) is 0.399. The summed E-state index contributed by atoms with van der Waals surface area (Å²) in [4.78, 5) is 6.55. The van der Waals surface area contributed by atoms with Crippen LogP contribution in [-0.2, 0) is 12.7 Å². The minimum atomic E-state index is -4.46. The van der Waals surface area contributed by atoms with Gasteiger partial charge in [0.05, 0.1) is 16.4 Å². The Balaban J connectivity index is 2.29. The van der Waals surface area contributed by atoms with Gasteiger partial charge in [-0.15, -0.1) is 11.3 Å². The number of pyridine rings is 1. The highest BCUT2D eigenvalue weighted by Crippen LogP contribution is 2.33. The van der Waals surface area contributed by atoms with Crippen LogP contribution in [0.4, 0.5) is 24.8 Å². The van der Waals surface area contributed by atoms with E-state index < -0.39 is 11.7 Å². The van der Waals surface area contributed by atoms with Gasteiger partial charge in [-0.3, -0.25) is 0 Å². The van der Waals surface area contributed by atoms with Gasteiger partial charge in [0.2, 0.25) is 0 Å². The summed E-state index contributed by atoms with van der Waals surface area (Å²) in [5, 5.41) is 0. The number of hydrogen-bond donors (Lipinski definition) is 2. The molecule has 0 aliphatic carbocycles. The van der Waals surface area contributed by atoms with Crippen molar-refractivity contribution in [2.45, 2.75) is 12.7 Å². The zero-order valence-corrected chi connectivity index (χ0v) is 12.5. The number of nitrogens with two attached hydrogens (primary N) is 1. The predicted octanol–water partition coefficient (Wildman–Crippen LogP) is 3.74. The maximum atomic E-state index is 12.8. The van der Waals surface area contributed by atoms with E-state index in [4.69, 9.17) is 17.4 Å². The number of anilines is 2. The van der Waals surface area contributed by atoms with Crippen molar-refractivity contribution >= 4 is 34.6 Å². The molecule has 0 unspecified atom stereocenters. The zero-order chi connectivity index (χ0) is 15.6. The lowest BCUT2D eigenvalue weighted by molar-refractivity contribution is -0.137. The summed E-state index contributed by atoms with van der Waals surface area (Å²) >= 11 is 7.20. The van der Waals surface area contributed by atoms with Gasteiger partial charge in [-0.1, -0.05) is 11.6 Å². The normalized spacial score (nSPS) is 11.5. The average Bonchev–Trinajstić information content (AvgIpc) is 2.82. The Morgan fingerprint density at radius 3 is 2.62 bits per heavy atom. The number of hydrogen-bond acceptors (Lipinski definition) is 5. The lowest BCUT2D eigenvalue weighted by atomic mass is 10.2. The third-order valence-corrected chi connectivity index (χ3v) is 3.92. The smallest absolute Gasteiger partial charge is 0.354 e. The van der Waals surface area contributed by atoms with E-state index in [-0.39, 0.29) is 11.6 Å². The Hall–Kier alpha value is -1.51. The summed E-state index contributed by atoms with van der Waals surface area (Å²) in [7, 11) is 1.65. The Bertz CT molecular complexity index is 629. The van der Waals surface area contributed by atoms with Crippen molar-refractivity contribution in [3.8, 4) is 0 Å². The van der Waals surface area contributed by atoms with E-state index in [2.05, 4.69) is 10.4 Å². The van der Waals surface area contributed by atoms with Crippen molar-refractivity contribution in [2.75, 3.05) is 17.4 Å². The molecule has 0 radical (unpaired) electrons. The van der Waals surface area contributed by atoms with Crippen molar-refractivity contribution < 1.29 is 13.2 Å². The highest BCUT2D eigenvalue weighted by atomic mass is 35.5. The molecule has 0 saturated heterocycles. The molecule has 2 aromatic rings. The SMILES string of the molecule is CN(Cc1ccc(Cl)s1)c1cc(C(F)(F)F)cc(NN)n1. The number of nitrogen functional groups attached to an aromatic ring is 1. The third-order valence-electron chi connectivity index (χ3n) is 2.70. The second-order valence-corrected chi connectivity index (χ2v) is 6.10. The molecule has 0 bridgehead atoms. The predicted molar refractivity (Wildman–Crippen MR) is 78.5 cm³/mol. The first-order valence-corrected chi connectivity index (χ1v) is 7.00. The lowest BCUT2D eigenvalue weighted by Gasteiger charge is -2.19. The molecule has 0 aliphatic heterocycles. The third kappa shape index (κ3) is 3.99. The second-order valence-electron chi connectivity index (χ2n) is 4.30. The molecule has 0 spiro atoms. The molecule has 2 aromatic heterocycles. The highest BCUT2D eigenvalue weighted by Gasteiger charge is 2.32. The maximum absolute atomic E-state index is 12.8. The molecule has 4 nitrogen and oxygen atoms in total. The zero-order valence-electron chi connectivity index (χ0n) is 10.9. The van der Waals surface area contributed by atoms with Crippen LogP contribution in [0.2, 0.25) is 4.34 Å². The van der Waals surface area contributed by atoms with Gasteiger partial charge in [-0.25, -0.2) is 10.8 Å². The number of aromatic nitrogens is 1. The number of halogens is 4. The molecule has 0 amide bonds. The molecule has 0 aliphatic rings. The number of alkyl halides is 3. The fraction of sp³-hybridized carbons (Fsp3) is 0.250. The minimum Gasteiger partial charge on any atom is -0.354 e. The van der Waals surface area contributed by atoms with Gasteiger partial charge in [-0.2, -0.15) is 13.2 Å². The summed E-state index contributed by atoms with van der Waals surface area (Å²) in [6, 6.07) is 5.40. The average molecular weight is 337 g/mol. The second kappa shape index (κ2) is 6.08. The van der Waals surface area contributed by atoms with Gasteiger partial charge in [0.15, 0.2) is 0 Å². The molecular formula is C12H12ClF3N4S. The molecule has 21 heavy (non-hydrogen) atoms. The largest absolute Gasteiger partial charge is 0.416 e. The van der Waals surface area contributed by atoms with Crippen molar-refractivity contribution in [3.63, 3.8) is 0 Å². The topological polar surface area (TPSA) is 54.2 Å². The maximum Gasteiger partial charge on any atom is 0.416 e. The van der Waals surface area contributed by atoms with E-state index >= 15 is 0 Å². The van der Waals surface area contributed by atoms with Gasteiger partial charge >= 0.3 is 6.18 Å². The van der Waals surface area contributed by atoms with Crippen LogP contribution in [0.5, 0.6) is 0 Å². The van der Waals surface area contributed by atoms with E-state index in [9.17, 15) is 13.2 Å². The molecular weight excluding hydrogens is 325 g/mol. The quantitative estimate of drug-likeness (QED) is 0.659. The van der Waals surface area contributed by atoms with Crippen molar-refractivity contribution in [2.24, 2.45) is 5.84 Å². The van der Waals surface area contributed by atoms with Crippen LogP contribution in [0.25, 0.3) is 0 Å². The van der Waals surface area contributed by atoms with E-state index in [0.717, 1.165) is 17.0 Å². The minimum absolute atomic E-state index is 0.0455. The van der Waals surface area contributed by atoms with E-state index in [1.807, 2.05) is 6.07 Å². The van der Waals surface area contributed by atoms with Gasteiger partial charge < -0.3 is 10.3 Å². The number of nitrogens with one attached hydrogen (secondary N) is 1. The van der Waals surface area contributed by atoms with Crippen LogP contribution in [0, 0.1) is 0 Å². The van der Waals surface area contributed by atoms with Crippen molar-refractivity contribution in [1.82, 2.24) is 4.98 Å². The van der Waals surface area contributed by atoms with E-state index in [1.54, 1.807) is 18.0 Å². The molecule has 2 heterocycles. The van der Waals surface area contributed by atoms with Gasteiger partial charge in [0, 0.05) is 11.9 Å². The highest BCUT2D eigenvalue weighted by molar-refractivity contribution is 7.16. The molecule has 0 fully saturated rings. The number of nitrogens with zero attached hydrogens (tertiary/aromatic N) is 2. The lowest BCUT2D eigenvalue weighted by Crippen LogP contribution is -2.20. The molecule has 9 heteroatoms. The first-order chi connectivity index (χ1) is 9.79. The van der Waals surface area contributed by atoms with E-state index in [1.165, 1.54) is 11.3 Å². The van der Waals surface area contributed by atoms with Crippen LogP contribution < -0.4 is 16.2 Å². The molecule has 0 saturated carbocycles. The van der Waals surface area contributed by atoms with Crippen LogP contribution in [0.3, 0.4) is 0 Å². The Morgan fingerprint density at radius 1 is 1.38 bits per heavy atom. The van der Waals surface area contributed by atoms with Crippen LogP contribution in [-0.4, -0.2) is 12.0 Å². The number of thiophene rings is 1. The Labute approximate surface area is 128 Å². The van der Waals surface area contributed by atoms with Gasteiger partial charge in [-0.05, 0) is 24.3 Å².